The van der Waals surface area contributed by atoms with E-state index in [1.807, 2.05) is 53.6 Å². The molecule has 0 bridgehead atoms. The summed E-state index contributed by atoms with van der Waals surface area (Å²) in [5.41, 5.74) is 3.25. The molecule has 34 heavy (non-hydrogen) atoms. The first kappa shape index (κ1) is 21.4. The standard InChI is InChI=1S/C27H17N3O3S/c1-16-15-34-27(30(16)18-7-3-2-4-8-18)23(14-28)26(33)29-17-11-12-21-22(13-17)25(32)20-10-6-5-9-19(20)24(21)31/h2-13,15H,1H3,(H,29,33)/b27-23+. The molecular weight excluding hydrogens is 446 g/mol. The van der Waals surface area contributed by atoms with Crippen molar-refractivity contribution in [2.45, 2.75) is 6.92 Å². The fraction of sp³-hybridized carbons (Fsp3) is 0.0370. The zero-order valence-electron chi connectivity index (χ0n) is 18.0. The van der Waals surface area contributed by atoms with E-state index in [0.29, 0.717) is 27.4 Å². The summed E-state index contributed by atoms with van der Waals surface area (Å²) in [4.78, 5) is 40.8. The number of ketones is 2. The molecule has 164 valence electrons. The Kier molecular flexibility index (Phi) is 5.36. The van der Waals surface area contributed by atoms with Crippen molar-refractivity contribution < 1.29 is 14.4 Å². The number of nitrogens with zero attached hydrogens (tertiary/aromatic N) is 2. The Balaban J connectivity index is 1.47. The maximum atomic E-state index is 13.1. The van der Waals surface area contributed by atoms with Gasteiger partial charge >= 0.3 is 0 Å². The van der Waals surface area contributed by atoms with E-state index < -0.39 is 5.91 Å². The Morgan fingerprint density at radius 3 is 2.18 bits per heavy atom. The summed E-state index contributed by atoms with van der Waals surface area (Å²) in [6.45, 7) is 1.91. The molecule has 2 aliphatic rings. The van der Waals surface area contributed by atoms with Crippen LogP contribution in [0.5, 0.6) is 0 Å². The van der Waals surface area contributed by atoms with Crippen LogP contribution in [0.2, 0.25) is 0 Å². The molecule has 0 radical (unpaired) electrons. The quantitative estimate of drug-likeness (QED) is 0.330. The van der Waals surface area contributed by atoms with Crippen molar-refractivity contribution in [2.75, 3.05) is 10.2 Å². The SMILES string of the molecule is CC1=CS/C(=C(\C#N)C(=O)Nc2ccc3c(c2)C(=O)c2ccccc2C3=O)N1c1ccccc1. The highest BCUT2D eigenvalue weighted by atomic mass is 32.2. The number of nitriles is 1. The first-order valence-electron chi connectivity index (χ1n) is 10.5. The van der Waals surface area contributed by atoms with Crippen LogP contribution >= 0.6 is 11.8 Å². The molecule has 1 aliphatic carbocycles. The summed E-state index contributed by atoms with van der Waals surface area (Å²) >= 11 is 1.30. The van der Waals surface area contributed by atoms with Crippen LogP contribution in [-0.4, -0.2) is 17.5 Å². The minimum Gasteiger partial charge on any atom is -0.321 e. The molecule has 1 N–H and O–H groups in total. The van der Waals surface area contributed by atoms with Gasteiger partial charge in [-0.05, 0) is 42.7 Å². The summed E-state index contributed by atoms with van der Waals surface area (Å²) in [6.07, 6.45) is 0. The third kappa shape index (κ3) is 3.51. The third-order valence-electron chi connectivity index (χ3n) is 5.65. The Morgan fingerprint density at radius 2 is 1.50 bits per heavy atom. The maximum Gasteiger partial charge on any atom is 0.269 e. The molecule has 0 unspecified atom stereocenters. The molecule has 0 saturated heterocycles. The predicted octanol–water partition coefficient (Wildman–Crippen LogP) is 5.25. The molecular formula is C27H17N3O3S. The number of benzene rings is 3. The van der Waals surface area contributed by atoms with Crippen molar-refractivity contribution in [2.24, 2.45) is 0 Å². The summed E-state index contributed by atoms with van der Waals surface area (Å²) < 4.78 is 0. The minimum atomic E-state index is -0.594. The van der Waals surface area contributed by atoms with Crippen LogP contribution in [0.25, 0.3) is 0 Å². The number of hydrogen-bond donors (Lipinski definition) is 1. The van der Waals surface area contributed by atoms with E-state index in [-0.39, 0.29) is 22.7 Å². The second kappa shape index (κ2) is 8.50. The first-order chi connectivity index (χ1) is 16.5. The largest absolute Gasteiger partial charge is 0.321 e. The van der Waals surface area contributed by atoms with Gasteiger partial charge in [-0.2, -0.15) is 5.26 Å². The molecule has 7 heteroatoms. The Bertz CT molecular complexity index is 1480. The van der Waals surface area contributed by atoms with Gasteiger partial charge in [-0.25, -0.2) is 0 Å². The number of nitrogens with one attached hydrogen (secondary N) is 1. The second-order valence-corrected chi connectivity index (χ2v) is 8.62. The molecule has 3 aromatic rings. The highest BCUT2D eigenvalue weighted by Gasteiger charge is 2.30. The number of rotatable bonds is 3. The number of para-hydroxylation sites is 1. The molecule has 6 nitrogen and oxygen atoms in total. The number of anilines is 2. The van der Waals surface area contributed by atoms with E-state index in [2.05, 4.69) is 5.32 Å². The summed E-state index contributed by atoms with van der Waals surface area (Å²) in [6, 6.07) is 22.8. The van der Waals surface area contributed by atoms with Crippen LogP contribution in [0.15, 0.2) is 94.5 Å². The van der Waals surface area contributed by atoms with E-state index in [0.717, 1.165) is 11.4 Å². The van der Waals surface area contributed by atoms with Crippen LogP contribution in [0.3, 0.4) is 0 Å². The van der Waals surface area contributed by atoms with Gasteiger partial charge in [0.15, 0.2) is 11.6 Å². The fourth-order valence-corrected chi connectivity index (χ4v) is 5.04. The molecule has 0 spiro atoms. The number of allylic oxidation sites excluding steroid dienone is 1. The number of fused-ring (bicyclic) bond motifs is 2. The summed E-state index contributed by atoms with van der Waals surface area (Å²) in [7, 11) is 0. The van der Waals surface area contributed by atoms with E-state index >= 15 is 0 Å². The van der Waals surface area contributed by atoms with Crippen molar-refractivity contribution in [3.05, 3.63) is 117 Å². The third-order valence-corrected chi connectivity index (χ3v) is 6.72. The zero-order valence-corrected chi connectivity index (χ0v) is 18.8. The van der Waals surface area contributed by atoms with Crippen LogP contribution < -0.4 is 10.2 Å². The van der Waals surface area contributed by atoms with Gasteiger partial charge < -0.3 is 10.2 Å². The van der Waals surface area contributed by atoms with Crippen molar-refractivity contribution in [1.29, 1.82) is 5.26 Å². The number of thioether (sulfide) groups is 1. The number of carbonyl (C=O) groups is 3. The van der Waals surface area contributed by atoms with Gasteiger partial charge in [-0.3, -0.25) is 14.4 Å². The van der Waals surface area contributed by atoms with E-state index in [1.165, 1.54) is 23.9 Å². The zero-order chi connectivity index (χ0) is 23.8. The van der Waals surface area contributed by atoms with Gasteiger partial charge in [0.25, 0.3) is 5.91 Å². The lowest BCUT2D eigenvalue weighted by molar-refractivity contribution is -0.112. The van der Waals surface area contributed by atoms with Gasteiger partial charge in [-0.1, -0.05) is 54.2 Å². The molecule has 3 aromatic carbocycles. The molecule has 1 amide bonds. The van der Waals surface area contributed by atoms with Crippen LogP contribution in [0.1, 0.15) is 38.8 Å². The molecule has 0 saturated carbocycles. The number of hydrogen-bond acceptors (Lipinski definition) is 6. The average Bonchev–Trinajstić information content (AvgIpc) is 3.24. The first-order valence-corrected chi connectivity index (χ1v) is 11.3. The van der Waals surface area contributed by atoms with Crippen LogP contribution in [0.4, 0.5) is 11.4 Å². The van der Waals surface area contributed by atoms with Gasteiger partial charge in [0.05, 0.1) is 0 Å². The lowest BCUT2D eigenvalue weighted by Crippen LogP contribution is -2.23. The molecule has 5 rings (SSSR count). The van der Waals surface area contributed by atoms with Crippen molar-refractivity contribution in [1.82, 2.24) is 0 Å². The van der Waals surface area contributed by atoms with Crippen molar-refractivity contribution in [3.8, 4) is 6.07 Å². The normalized spacial score (nSPS) is 15.8. The molecule has 1 aliphatic heterocycles. The summed E-state index contributed by atoms with van der Waals surface area (Å²) in [5, 5.41) is 14.9. The summed E-state index contributed by atoms with van der Waals surface area (Å²) in [5.74, 6) is -1.10. The average molecular weight is 464 g/mol. The van der Waals surface area contributed by atoms with E-state index in [9.17, 15) is 19.6 Å². The van der Waals surface area contributed by atoms with Crippen molar-refractivity contribution in [3.63, 3.8) is 0 Å². The fourth-order valence-electron chi connectivity index (χ4n) is 4.04. The topological polar surface area (TPSA) is 90.3 Å². The number of amides is 1. The Hall–Kier alpha value is -4.41. The Morgan fingerprint density at radius 1 is 0.882 bits per heavy atom. The highest BCUT2D eigenvalue weighted by molar-refractivity contribution is 8.06. The van der Waals surface area contributed by atoms with Crippen LogP contribution in [0, 0.1) is 11.3 Å². The van der Waals surface area contributed by atoms with Gasteiger partial charge in [0.2, 0.25) is 0 Å². The van der Waals surface area contributed by atoms with Gasteiger partial charge in [0, 0.05) is 39.3 Å². The predicted molar refractivity (Wildman–Crippen MR) is 131 cm³/mol. The van der Waals surface area contributed by atoms with Gasteiger partial charge in [0.1, 0.15) is 16.7 Å². The lowest BCUT2D eigenvalue weighted by atomic mass is 9.84. The molecule has 1 heterocycles. The maximum absolute atomic E-state index is 13.1. The second-order valence-electron chi connectivity index (χ2n) is 7.76. The van der Waals surface area contributed by atoms with E-state index in [4.69, 9.17) is 0 Å². The van der Waals surface area contributed by atoms with E-state index in [1.54, 1.807) is 30.3 Å². The van der Waals surface area contributed by atoms with Crippen molar-refractivity contribution >= 4 is 40.6 Å². The molecule has 0 fully saturated rings. The molecule has 0 aromatic heterocycles. The monoisotopic (exact) mass is 463 g/mol. The lowest BCUT2D eigenvalue weighted by Gasteiger charge is -2.22. The molecule has 0 atom stereocenters. The highest BCUT2D eigenvalue weighted by Crippen LogP contribution is 2.40. The minimum absolute atomic E-state index is 0.0487. The smallest absolute Gasteiger partial charge is 0.269 e. The number of carbonyl (C=O) groups excluding carboxylic acids is 3. The Labute approximate surface area is 200 Å². The van der Waals surface area contributed by atoms with Gasteiger partial charge in [-0.15, -0.1) is 0 Å². The van der Waals surface area contributed by atoms with Crippen LogP contribution in [-0.2, 0) is 4.79 Å².